The zero-order chi connectivity index (χ0) is 16.2. The summed E-state index contributed by atoms with van der Waals surface area (Å²) in [4.78, 5) is 13.0. The number of benzene rings is 2. The van der Waals surface area contributed by atoms with Gasteiger partial charge in [-0.3, -0.25) is 9.48 Å². The van der Waals surface area contributed by atoms with Gasteiger partial charge in [0.2, 0.25) is 5.43 Å². The van der Waals surface area contributed by atoms with Gasteiger partial charge in [-0.2, -0.15) is 5.10 Å². The number of rotatable bonds is 4. The van der Waals surface area contributed by atoms with Gasteiger partial charge >= 0.3 is 0 Å². The molecule has 0 spiro atoms. The Morgan fingerprint density at radius 3 is 2.43 bits per heavy atom. The summed E-state index contributed by atoms with van der Waals surface area (Å²) in [7, 11) is 0. The van der Waals surface area contributed by atoms with Crippen LogP contribution >= 0.6 is 0 Å². The van der Waals surface area contributed by atoms with Gasteiger partial charge in [0.05, 0.1) is 0 Å². The van der Waals surface area contributed by atoms with E-state index in [1.165, 1.54) is 0 Å². The van der Waals surface area contributed by atoms with Gasteiger partial charge in [-0.05, 0) is 18.9 Å². The number of nitrogens with zero attached hydrogens (tertiary/aromatic N) is 2. The highest BCUT2D eigenvalue weighted by atomic mass is 16.1. The van der Waals surface area contributed by atoms with Crippen LogP contribution in [-0.4, -0.2) is 9.78 Å². The first-order chi connectivity index (χ1) is 11.2. The summed E-state index contributed by atoms with van der Waals surface area (Å²) < 4.78 is 1.88. The van der Waals surface area contributed by atoms with E-state index in [-0.39, 0.29) is 5.43 Å². The number of hydrogen-bond acceptors (Lipinski definition) is 2. The Bertz CT molecular complexity index is 866. The van der Waals surface area contributed by atoms with Gasteiger partial charge < -0.3 is 0 Å². The predicted molar refractivity (Wildman–Crippen MR) is 94.4 cm³/mol. The Balaban J connectivity index is 2.24. The van der Waals surface area contributed by atoms with Crippen LogP contribution in [-0.2, 0) is 6.54 Å². The number of aromatic nitrogens is 2. The normalized spacial score (nSPS) is 10.7. The third-order valence-corrected chi connectivity index (χ3v) is 3.80. The third kappa shape index (κ3) is 3.24. The molecule has 0 aliphatic heterocycles. The minimum absolute atomic E-state index is 0.0193. The summed E-state index contributed by atoms with van der Waals surface area (Å²) in [5.41, 5.74) is 4.14. The zero-order valence-corrected chi connectivity index (χ0v) is 13.5. The molecule has 116 valence electrons. The van der Waals surface area contributed by atoms with E-state index in [0.717, 1.165) is 29.7 Å². The first kappa shape index (κ1) is 15.2. The number of hydrogen-bond donors (Lipinski definition) is 0. The standard InChI is InChI=1S/C20H20N2O/c1-3-12-22-14-18(17-11-7-8-15(2)13-17)20(23)19(21-22)16-9-5-4-6-10-16/h4-11,13-14H,3,12H2,1-2H3. The molecule has 1 aromatic heterocycles. The summed E-state index contributed by atoms with van der Waals surface area (Å²) in [5, 5.41) is 4.55. The monoisotopic (exact) mass is 304 g/mol. The molecule has 0 bridgehead atoms. The van der Waals surface area contributed by atoms with Crippen molar-refractivity contribution in [3.8, 4) is 22.4 Å². The fraction of sp³-hybridized carbons (Fsp3) is 0.200. The predicted octanol–water partition coefficient (Wildman–Crippen LogP) is 4.30. The molecule has 3 aromatic rings. The topological polar surface area (TPSA) is 34.9 Å². The van der Waals surface area contributed by atoms with E-state index in [1.807, 2.05) is 72.4 Å². The largest absolute Gasteiger partial charge is 0.287 e. The van der Waals surface area contributed by atoms with Crippen molar-refractivity contribution in [3.05, 3.63) is 76.6 Å². The van der Waals surface area contributed by atoms with E-state index in [1.54, 1.807) is 0 Å². The fourth-order valence-electron chi connectivity index (χ4n) is 2.68. The molecule has 23 heavy (non-hydrogen) atoms. The molecule has 2 aromatic carbocycles. The molecule has 3 nitrogen and oxygen atoms in total. The summed E-state index contributed by atoms with van der Waals surface area (Å²) in [5.74, 6) is 0. The van der Waals surface area contributed by atoms with Crippen molar-refractivity contribution < 1.29 is 0 Å². The lowest BCUT2D eigenvalue weighted by atomic mass is 10.0. The first-order valence-electron chi connectivity index (χ1n) is 7.93. The maximum absolute atomic E-state index is 13.0. The number of aryl methyl sites for hydroxylation is 2. The third-order valence-electron chi connectivity index (χ3n) is 3.80. The van der Waals surface area contributed by atoms with E-state index in [0.29, 0.717) is 11.3 Å². The van der Waals surface area contributed by atoms with Crippen molar-refractivity contribution in [2.75, 3.05) is 0 Å². The van der Waals surface area contributed by atoms with E-state index < -0.39 is 0 Å². The first-order valence-corrected chi connectivity index (χ1v) is 7.93. The molecule has 0 aliphatic rings. The van der Waals surface area contributed by atoms with Gasteiger partial charge in [0.1, 0.15) is 5.69 Å². The molecule has 3 heteroatoms. The highest BCUT2D eigenvalue weighted by Gasteiger charge is 2.13. The van der Waals surface area contributed by atoms with Crippen molar-refractivity contribution in [2.45, 2.75) is 26.8 Å². The van der Waals surface area contributed by atoms with Crippen LogP contribution in [0.1, 0.15) is 18.9 Å². The molecule has 3 rings (SSSR count). The van der Waals surface area contributed by atoms with Gasteiger partial charge in [-0.15, -0.1) is 0 Å². The molecule has 0 amide bonds. The van der Waals surface area contributed by atoms with Crippen LogP contribution in [0, 0.1) is 6.92 Å². The Labute approximate surface area is 136 Å². The van der Waals surface area contributed by atoms with Crippen molar-refractivity contribution in [1.82, 2.24) is 9.78 Å². The zero-order valence-electron chi connectivity index (χ0n) is 13.5. The fourth-order valence-corrected chi connectivity index (χ4v) is 2.68. The van der Waals surface area contributed by atoms with Gasteiger partial charge in [0.25, 0.3) is 0 Å². The van der Waals surface area contributed by atoms with Crippen molar-refractivity contribution >= 4 is 0 Å². The SMILES string of the molecule is CCCn1cc(-c2cccc(C)c2)c(=O)c(-c2ccccc2)n1. The Hall–Kier alpha value is -2.68. The highest BCUT2D eigenvalue weighted by Crippen LogP contribution is 2.20. The van der Waals surface area contributed by atoms with Crippen LogP contribution in [0.15, 0.2) is 65.6 Å². The summed E-state index contributed by atoms with van der Waals surface area (Å²) in [6.45, 7) is 4.93. The lowest BCUT2D eigenvalue weighted by molar-refractivity contribution is 0.590. The molecular formula is C20H20N2O. The maximum atomic E-state index is 13.0. The maximum Gasteiger partial charge on any atom is 0.215 e. The second-order valence-electron chi connectivity index (χ2n) is 5.72. The lowest BCUT2D eigenvalue weighted by Gasteiger charge is -2.11. The minimum Gasteiger partial charge on any atom is -0.287 e. The quantitative estimate of drug-likeness (QED) is 0.720. The van der Waals surface area contributed by atoms with Crippen molar-refractivity contribution in [3.63, 3.8) is 0 Å². The van der Waals surface area contributed by atoms with Crippen molar-refractivity contribution in [1.29, 1.82) is 0 Å². The Morgan fingerprint density at radius 2 is 1.74 bits per heavy atom. The smallest absolute Gasteiger partial charge is 0.215 e. The second-order valence-corrected chi connectivity index (χ2v) is 5.72. The highest BCUT2D eigenvalue weighted by molar-refractivity contribution is 5.69. The molecule has 0 saturated heterocycles. The molecule has 0 N–H and O–H groups in total. The molecule has 0 saturated carbocycles. The van der Waals surface area contributed by atoms with Crippen LogP contribution in [0.5, 0.6) is 0 Å². The molecule has 0 unspecified atom stereocenters. The Morgan fingerprint density at radius 1 is 1.00 bits per heavy atom. The minimum atomic E-state index is -0.0193. The summed E-state index contributed by atoms with van der Waals surface area (Å²) in [6, 6.07) is 17.7. The van der Waals surface area contributed by atoms with Gasteiger partial charge in [0, 0.05) is 23.9 Å². The van der Waals surface area contributed by atoms with Gasteiger partial charge in [-0.1, -0.05) is 67.1 Å². The van der Waals surface area contributed by atoms with E-state index in [9.17, 15) is 4.79 Å². The molecule has 0 aliphatic carbocycles. The van der Waals surface area contributed by atoms with E-state index >= 15 is 0 Å². The summed E-state index contributed by atoms with van der Waals surface area (Å²) >= 11 is 0. The Kier molecular flexibility index (Phi) is 4.38. The van der Waals surface area contributed by atoms with Crippen LogP contribution in [0.2, 0.25) is 0 Å². The van der Waals surface area contributed by atoms with Crippen LogP contribution in [0.25, 0.3) is 22.4 Å². The molecule has 0 atom stereocenters. The van der Waals surface area contributed by atoms with E-state index in [2.05, 4.69) is 12.0 Å². The van der Waals surface area contributed by atoms with Crippen LogP contribution < -0.4 is 5.43 Å². The van der Waals surface area contributed by atoms with Crippen LogP contribution in [0.3, 0.4) is 0 Å². The molecule has 1 heterocycles. The van der Waals surface area contributed by atoms with Gasteiger partial charge in [0.15, 0.2) is 0 Å². The molecular weight excluding hydrogens is 284 g/mol. The van der Waals surface area contributed by atoms with Gasteiger partial charge in [-0.25, -0.2) is 0 Å². The molecule has 0 radical (unpaired) electrons. The second kappa shape index (κ2) is 6.61. The van der Waals surface area contributed by atoms with Crippen LogP contribution in [0.4, 0.5) is 0 Å². The van der Waals surface area contributed by atoms with Crippen molar-refractivity contribution in [2.24, 2.45) is 0 Å². The average molecular weight is 304 g/mol. The molecule has 0 fully saturated rings. The average Bonchev–Trinajstić information content (AvgIpc) is 2.57. The lowest BCUT2D eigenvalue weighted by Crippen LogP contribution is -2.17. The summed E-state index contributed by atoms with van der Waals surface area (Å²) in [6.07, 6.45) is 2.84. The van der Waals surface area contributed by atoms with E-state index in [4.69, 9.17) is 0 Å².